The highest BCUT2D eigenvalue weighted by atomic mass is 15.2. The van der Waals surface area contributed by atoms with Crippen LogP contribution < -0.4 is 5.32 Å². The first-order valence-electron chi connectivity index (χ1n) is 6.65. The molecule has 1 aliphatic carbocycles. The quantitative estimate of drug-likeness (QED) is 0.895. The molecule has 4 heteroatoms. The van der Waals surface area contributed by atoms with Gasteiger partial charge in [-0.05, 0) is 36.8 Å². The van der Waals surface area contributed by atoms with Gasteiger partial charge in [0.2, 0.25) is 5.95 Å². The van der Waals surface area contributed by atoms with Crippen molar-refractivity contribution in [2.24, 2.45) is 5.41 Å². The number of benzene rings is 1. The Balaban J connectivity index is 1.74. The standard InChI is InChI=1S/C14H18N4/c1-2-14(8-5-9-14)10-15-13-16-11-6-3-4-7-12(11)17-18-13/h3-4,6-7H,2,5,8-10H2,1H3,(H,15,16,18). The van der Waals surface area contributed by atoms with Gasteiger partial charge in [0.25, 0.3) is 0 Å². The van der Waals surface area contributed by atoms with Crippen LogP contribution in [0.15, 0.2) is 24.3 Å². The topological polar surface area (TPSA) is 50.7 Å². The normalized spacial score (nSPS) is 17.4. The number of nitrogens with one attached hydrogen (secondary N) is 1. The Morgan fingerprint density at radius 2 is 1.94 bits per heavy atom. The first kappa shape index (κ1) is 11.4. The molecule has 18 heavy (non-hydrogen) atoms. The fraction of sp³-hybridized carbons (Fsp3) is 0.500. The van der Waals surface area contributed by atoms with Crippen LogP contribution in [0.2, 0.25) is 0 Å². The van der Waals surface area contributed by atoms with Crippen molar-refractivity contribution in [2.45, 2.75) is 32.6 Å². The van der Waals surface area contributed by atoms with Crippen LogP contribution in [0, 0.1) is 5.41 Å². The maximum atomic E-state index is 4.49. The lowest BCUT2D eigenvalue weighted by molar-refractivity contribution is 0.144. The molecule has 0 atom stereocenters. The Bertz CT molecular complexity index is 543. The molecule has 1 heterocycles. The van der Waals surface area contributed by atoms with Crippen molar-refractivity contribution in [3.63, 3.8) is 0 Å². The van der Waals surface area contributed by atoms with Crippen LogP contribution in [0.25, 0.3) is 11.0 Å². The highest BCUT2D eigenvalue weighted by molar-refractivity contribution is 5.73. The molecule has 3 rings (SSSR count). The van der Waals surface area contributed by atoms with Crippen LogP contribution in [0.5, 0.6) is 0 Å². The van der Waals surface area contributed by atoms with Gasteiger partial charge in [0.1, 0.15) is 5.52 Å². The number of anilines is 1. The minimum absolute atomic E-state index is 0.467. The van der Waals surface area contributed by atoms with E-state index in [0.717, 1.165) is 17.6 Å². The smallest absolute Gasteiger partial charge is 0.243 e. The van der Waals surface area contributed by atoms with E-state index >= 15 is 0 Å². The molecule has 0 unspecified atom stereocenters. The summed E-state index contributed by atoms with van der Waals surface area (Å²) in [5.74, 6) is 0.647. The van der Waals surface area contributed by atoms with Gasteiger partial charge in [-0.25, -0.2) is 4.98 Å². The van der Waals surface area contributed by atoms with Crippen LogP contribution in [0.4, 0.5) is 5.95 Å². The minimum Gasteiger partial charge on any atom is -0.352 e. The molecule has 1 saturated carbocycles. The van der Waals surface area contributed by atoms with Crippen LogP contribution in [0.3, 0.4) is 0 Å². The number of hydrogen-bond donors (Lipinski definition) is 1. The molecule has 0 spiro atoms. The van der Waals surface area contributed by atoms with E-state index in [-0.39, 0.29) is 0 Å². The molecule has 2 aromatic rings. The van der Waals surface area contributed by atoms with Crippen molar-refractivity contribution in [2.75, 3.05) is 11.9 Å². The lowest BCUT2D eigenvalue weighted by Gasteiger charge is -2.41. The van der Waals surface area contributed by atoms with E-state index in [1.807, 2.05) is 24.3 Å². The molecule has 0 bridgehead atoms. The lowest BCUT2D eigenvalue weighted by atomic mass is 9.67. The summed E-state index contributed by atoms with van der Waals surface area (Å²) in [6.45, 7) is 3.23. The molecule has 1 N–H and O–H groups in total. The second-order valence-electron chi connectivity index (χ2n) is 5.18. The summed E-state index contributed by atoms with van der Waals surface area (Å²) in [4.78, 5) is 4.49. The van der Waals surface area contributed by atoms with Gasteiger partial charge in [0, 0.05) is 6.54 Å². The summed E-state index contributed by atoms with van der Waals surface area (Å²) in [6, 6.07) is 7.82. The Labute approximate surface area is 107 Å². The second kappa shape index (κ2) is 4.52. The molecule has 4 nitrogen and oxygen atoms in total. The van der Waals surface area contributed by atoms with E-state index in [0.29, 0.717) is 11.4 Å². The summed E-state index contributed by atoms with van der Waals surface area (Å²) in [6.07, 6.45) is 5.21. The third kappa shape index (κ3) is 2.03. The second-order valence-corrected chi connectivity index (χ2v) is 5.18. The van der Waals surface area contributed by atoms with Gasteiger partial charge in [-0.2, -0.15) is 0 Å². The highest BCUT2D eigenvalue weighted by Gasteiger charge is 2.34. The molecule has 0 saturated heterocycles. The highest BCUT2D eigenvalue weighted by Crippen LogP contribution is 2.43. The predicted molar refractivity (Wildman–Crippen MR) is 72.4 cm³/mol. The zero-order valence-electron chi connectivity index (χ0n) is 10.7. The van der Waals surface area contributed by atoms with Gasteiger partial charge < -0.3 is 5.32 Å². The van der Waals surface area contributed by atoms with E-state index in [9.17, 15) is 0 Å². The Morgan fingerprint density at radius 1 is 1.17 bits per heavy atom. The van der Waals surface area contributed by atoms with Crippen LogP contribution in [0.1, 0.15) is 32.6 Å². The average Bonchev–Trinajstić information content (AvgIpc) is 2.38. The van der Waals surface area contributed by atoms with E-state index in [1.54, 1.807) is 0 Å². The predicted octanol–water partition coefficient (Wildman–Crippen LogP) is 3.02. The van der Waals surface area contributed by atoms with E-state index in [2.05, 4.69) is 27.4 Å². The van der Waals surface area contributed by atoms with Gasteiger partial charge in [0.05, 0.1) is 5.52 Å². The fourth-order valence-corrected chi connectivity index (χ4v) is 2.55. The number of fused-ring (bicyclic) bond motifs is 1. The summed E-state index contributed by atoms with van der Waals surface area (Å²) in [5, 5.41) is 11.7. The van der Waals surface area contributed by atoms with Crippen LogP contribution in [-0.2, 0) is 0 Å². The third-order valence-corrected chi connectivity index (χ3v) is 4.15. The lowest BCUT2D eigenvalue weighted by Crippen LogP contribution is -2.36. The maximum absolute atomic E-state index is 4.49. The SMILES string of the molecule is CCC1(CNc2nnc3ccccc3n2)CCC1. The first-order valence-corrected chi connectivity index (χ1v) is 6.65. The molecule has 0 radical (unpaired) electrons. The van der Waals surface area contributed by atoms with E-state index in [1.165, 1.54) is 25.7 Å². The Hall–Kier alpha value is -1.71. The van der Waals surface area contributed by atoms with Crippen molar-refractivity contribution in [3.8, 4) is 0 Å². The van der Waals surface area contributed by atoms with Crippen molar-refractivity contribution < 1.29 is 0 Å². The molecule has 1 aromatic heterocycles. The van der Waals surface area contributed by atoms with E-state index < -0.39 is 0 Å². The van der Waals surface area contributed by atoms with Gasteiger partial charge in [-0.3, -0.25) is 0 Å². The van der Waals surface area contributed by atoms with Gasteiger partial charge in [0.15, 0.2) is 0 Å². The first-order chi connectivity index (χ1) is 8.81. The van der Waals surface area contributed by atoms with Gasteiger partial charge >= 0.3 is 0 Å². The average molecular weight is 242 g/mol. The van der Waals surface area contributed by atoms with E-state index in [4.69, 9.17) is 0 Å². The Kier molecular flexibility index (Phi) is 2.86. The van der Waals surface area contributed by atoms with Crippen molar-refractivity contribution in [1.82, 2.24) is 15.2 Å². The summed E-state index contributed by atoms with van der Waals surface area (Å²) < 4.78 is 0. The molecular weight excluding hydrogens is 224 g/mol. The van der Waals surface area contributed by atoms with Crippen molar-refractivity contribution >= 4 is 17.0 Å². The summed E-state index contributed by atoms with van der Waals surface area (Å²) >= 11 is 0. The van der Waals surface area contributed by atoms with Crippen molar-refractivity contribution in [1.29, 1.82) is 0 Å². The zero-order valence-corrected chi connectivity index (χ0v) is 10.7. The third-order valence-electron chi connectivity index (χ3n) is 4.15. The largest absolute Gasteiger partial charge is 0.352 e. The molecular formula is C14H18N4. The van der Waals surface area contributed by atoms with Crippen LogP contribution in [-0.4, -0.2) is 21.7 Å². The molecule has 1 fully saturated rings. The minimum atomic E-state index is 0.467. The summed E-state index contributed by atoms with van der Waals surface area (Å²) in [7, 11) is 0. The van der Waals surface area contributed by atoms with Gasteiger partial charge in [-0.15, -0.1) is 10.2 Å². The molecule has 94 valence electrons. The number of aromatic nitrogens is 3. The molecule has 1 aliphatic rings. The molecule has 1 aromatic carbocycles. The number of nitrogens with zero attached hydrogens (tertiary/aromatic N) is 3. The zero-order chi connectivity index (χ0) is 12.4. The number of hydrogen-bond acceptors (Lipinski definition) is 4. The Morgan fingerprint density at radius 3 is 2.61 bits per heavy atom. The maximum Gasteiger partial charge on any atom is 0.243 e. The number of para-hydroxylation sites is 1. The fourth-order valence-electron chi connectivity index (χ4n) is 2.55. The molecule has 0 aliphatic heterocycles. The van der Waals surface area contributed by atoms with Gasteiger partial charge in [-0.1, -0.05) is 25.5 Å². The summed E-state index contributed by atoms with van der Waals surface area (Å²) in [5.41, 5.74) is 2.21. The van der Waals surface area contributed by atoms with Crippen LogP contribution >= 0.6 is 0 Å². The monoisotopic (exact) mass is 242 g/mol. The number of rotatable bonds is 4. The van der Waals surface area contributed by atoms with Crippen molar-refractivity contribution in [3.05, 3.63) is 24.3 Å². The molecule has 0 amide bonds.